The molecule has 0 atom stereocenters. The zero-order chi connectivity index (χ0) is 22.8. The van der Waals surface area contributed by atoms with Gasteiger partial charge < -0.3 is 20.1 Å². The average Bonchev–Trinajstić information content (AvgIpc) is 2.81. The van der Waals surface area contributed by atoms with Crippen LogP contribution in [0.25, 0.3) is 0 Å². The summed E-state index contributed by atoms with van der Waals surface area (Å²) >= 11 is 0. The number of nitrogens with zero attached hydrogens (tertiary/aromatic N) is 1. The van der Waals surface area contributed by atoms with E-state index in [9.17, 15) is 14.0 Å². The molecule has 0 saturated carbocycles. The van der Waals surface area contributed by atoms with Crippen molar-refractivity contribution in [1.82, 2.24) is 10.2 Å². The molecule has 0 fully saturated rings. The lowest BCUT2D eigenvalue weighted by atomic mass is 10.1. The highest BCUT2D eigenvalue weighted by Gasteiger charge is 2.20. The standard InChI is InChI=1S/C25H25FN2O4/c26-21-13-11-19(12-14-21)17-28(16-6-15-27-25(30)31)24(29)22-9-4-5-10-23(22)32-18-20-7-2-1-3-8-20/h1-5,7-14,27H,6,15-18H2,(H,30,31). The fourth-order valence-electron chi connectivity index (χ4n) is 3.20. The molecule has 0 unspecified atom stereocenters. The molecule has 0 spiro atoms. The van der Waals surface area contributed by atoms with E-state index in [4.69, 9.17) is 9.84 Å². The maximum absolute atomic E-state index is 13.4. The predicted molar refractivity (Wildman–Crippen MR) is 119 cm³/mol. The van der Waals surface area contributed by atoms with E-state index in [0.29, 0.717) is 30.9 Å². The second-order valence-electron chi connectivity index (χ2n) is 7.21. The zero-order valence-corrected chi connectivity index (χ0v) is 17.5. The molecule has 3 aromatic carbocycles. The summed E-state index contributed by atoms with van der Waals surface area (Å²) in [5.74, 6) is -0.126. The topological polar surface area (TPSA) is 78.9 Å². The minimum absolute atomic E-state index is 0.217. The first-order valence-corrected chi connectivity index (χ1v) is 10.3. The Balaban J connectivity index is 1.76. The fraction of sp³-hybridized carbons (Fsp3) is 0.200. The first-order chi connectivity index (χ1) is 15.5. The molecule has 0 saturated heterocycles. The first kappa shape index (κ1) is 22.8. The van der Waals surface area contributed by atoms with Crippen LogP contribution in [0.3, 0.4) is 0 Å². The normalized spacial score (nSPS) is 10.4. The molecule has 0 heterocycles. The highest BCUT2D eigenvalue weighted by atomic mass is 19.1. The van der Waals surface area contributed by atoms with Crippen LogP contribution in [0.4, 0.5) is 9.18 Å². The van der Waals surface area contributed by atoms with E-state index >= 15 is 0 Å². The number of hydrogen-bond donors (Lipinski definition) is 2. The molecule has 166 valence electrons. The van der Waals surface area contributed by atoms with E-state index in [1.165, 1.54) is 12.1 Å². The van der Waals surface area contributed by atoms with Gasteiger partial charge in [-0.15, -0.1) is 0 Å². The van der Waals surface area contributed by atoms with Gasteiger partial charge in [0.15, 0.2) is 0 Å². The van der Waals surface area contributed by atoms with Crippen LogP contribution in [0, 0.1) is 5.82 Å². The molecular formula is C25H25FN2O4. The van der Waals surface area contributed by atoms with Crippen molar-refractivity contribution in [2.75, 3.05) is 13.1 Å². The SMILES string of the molecule is O=C(O)NCCCN(Cc1ccc(F)cc1)C(=O)c1ccccc1OCc1ccccc1. The quantitative estimate of drug-likeness (QED) is 0.452. The maximum atomic E-state index is 13.4. The molecule has 0 radical (unpaired) electrons. The van der Waals surface area contributed by atoms with Crippen molar-refractivity contribution >= 4 is 12.0 Å². The molecule has 0 bridgehead atoms. The number of carbonyl (C=O) groups excluding carboxylic acids is 1. The van der Waals surface area contributed by atoms with Crippen LogP contribution >= 0.6 is 0 Å². The van der Waals surface area contributed by atoms with Crippen molar-refractivity contribution < 1.29 is 23.8 Å². The van der Waals surface area contributed by atoms with E-state index in [2.05, 4.69) is 5.32 Å². The van der Waals surface area contributed by atoms with Gasteiger partial charge >= 0.3 is 6.09 Å². The second-order valence-corrected chi connectivity index (χ2v) is 7.21. The summed E-state index contributed by atoms with van der Waals surface area (Å²) in [5.41, 5.74) is 2.17. The highest BCUT2D eigenvalue weighted by Crippen LogP contribution is 2.22. The fourth-order valence-corrected chi connectivity index (χ4v) is 3.20. The van der Waals surface area contributed by atoms with Gasteiger partial charge in [0.05, 0.1) is 5.56 Å². The number of hydrogen-bond acceptors (Lipinski definition) is 3. The summed E-state index contributed by atoms with van der Waals surface area (Å²) in [6.07, 6.45) is -0.673. The van der Waals surface area contributed by atoms with Crippen LogP contribution in [-0.2, 0) is 13.2 Å². The molecular weight excluding hydrogens is 411 g/mol. The number of benzene rings is 3. The largest absolute Gasteiger partial charge is 0.488 e. The van der Waals surface area contributed by atoms with Crippen molar-refractivity contribution in [2.24, 2.45) is 0 Å². The Bertz CT molecular complexity index is 1030. The monoisotopic (exact) mass is 436 g/mol. The minimum atomic E-state index is -1.11. The Morgan fingerprint density at radius 2 is 1.59 bits per heavy atom. The van der Waals surface area contributed by atoms with E-state index in [0.717, 1.165) is 11.1 Å². The van der Waals surface area contributed by atoms with E-state index in [1.54, 1.807) is 41.3 Å². The average molecular weight is 436 g/mol. The highest BCUT2D eigenvalue weighted by molar-refractivity contribution is 5.97. The van der Waals surface area contributed by atoms with Crippen LogP contribution in [0.1, 0.15) is 27.9 Å². The second kappa shape index (κ2) is 11.5. The molecule has 0 aliphatic rings. The first-order valence-electron chi connectivity index (χ1n) is 10.3. The molecule has 7 heteroatoms. The summed E-state index contributed by atoms with van der Waals surface area (Å²) in [6, 6.07) is 22.6. The number of carboxylic acid groups (broad SMARTS) is 1. The van der Waals surface area contributed by atoms with Gasteiger partial charge in [-0.2, -0.15) is 0 Å². The maximum Gasteiger partial charge on any atom is 0.404 e. The Kier molecular flexibility index (Phi) is 8.20. The Labute approximate surface area is 186 Å². The third kappa shape index (κ3) is 6.84. The predicted octanol–water partition coefficient (Wildman–Crippen LogP) is 4.70. The molecule has 32 heavy (non-hydrogen) atoms. The summed E-state index contributed by atoms with van der Waals surface area (Å²) < 4.78 is 19.2. The lowest BCUT2D eigenvalue weighted by Crippen LogP contribution is -2.34. The molecule has 3 rings (SSSR count). The Hall–Kier alpha value is -3.87. The number of halogens is 1. The van der Waals surface area contributed by atoms with E-state index in [-0.39, 0.29) is 24.8 Å². The van der Waals surface area contributed by atoms with Gasteiger partial charge in [-0.05, 0) is 41.8 Å². The Morgan fingerprint density at radius 3 is 2.31 bits per heavy atom. The number of nitrogens with one attached hydrogen (secondary N) is 1. The lowest BCUT2D eigenvalue weighted by Gasteiger charge is -2.24. The van der Waals surface area contributed by atoms with Gasteiger partial charge in [0.25, 0.3) is 5.91 Å². The van der Waals surface area contributed by atoms with Gasteiger partial charge in [-0.3, -0.25) is 4.79 Å². The summed E-state index contributed by atoms with van der Waals surface area (Å²) in [7, 11) is 0. The van der Waals surface area contributed by atoms with Crippen molar-refractivity contribution in [3.8, 4) is 5.75 Å². The number of amides is 2. The van der Waals surface area contributed by atoms with Gasteiger partial charge in [0, 0.05) is 19.6 Å². The van der Waals surface area contributed by atoms with E-state index < -0.39 is 6.09 Å². The Morgan fingerprint density at radius 1 is 0.906 bits per heavy atom. The van der Waals surface area contributed by atoms with Crippen molar-refractivity contribution in [3.63, 3.8) is 0 Å². The van der Waals surface area contributed by atoms with Crippen LogP contribution < -0.4 is 10.1 Å². The van der Waals surface area contributed by atoms with E-state index in [1.807, 2.05) is 30.3 Å². The van der Waals surface area contributed by atoms with Crippen LogP contribution in [0.15, 0.2) is 78.9 Å². The van der Waals surface area contributed by atoms with Crippen LogP contribution in [-0.4, -0.2) is 35.1 Å². The van der Waals surface area contributed by atoms with Crippen LogP contribution in [0.5, 0.6) is 5.75 Å². The molecule has 6 nitrogen and oxygen atoms in total. The molecule has 2 N–H and O–H groups in total. The van der Waals surface area contributed by atoms with Gasteiger partial charge in [-0.1, -0.05) is 54.6 Å². The molecule has 2 amide bonds. The molecule has 0 aliphatic heterocycles. The summed E-state index contributed by atoms with van der Waals surface area (Å²) in [6.45, 7) is 1.13. The lowest BCUT2D eigenvalue weighted by molar-refractivity contribution is 0.0736. The van der Waals surface area contributed by atoms with Crippen molar-refractivity contribution in [1.29, 1.82) is 0 Å². The third-order valence-corrected chi connectivity index (χ3v) is 4.81. The number of carbonyl (C=O) groups is 2. The smallest absolute Gasteiger partial charge is 0.404 e. The number of rotatable bonds is 10. The summed E-state index contributed by atoms with van der Waals surface area (Å²) in [5, 5.41) is 11.1. The number of para-hydroxylation sites is 1. The third-order valence-electron chi connectivity index (χ3n) is 4.81. The molecule has 0 aromatic heterocycles. The van der Waals surface area contributed by atoms with Crippen LogP contribution in [0.2, 0.25) is 0 Å². The zero-order valence-electron chi connectivity index (χ0n) is 17.5. The van der Waals surface area contributed by atoms with Crippen molar-refractivity contribution in [2.45, 2.75) is 19.6 Å². The molecule has 3 aromatic rings. The van der Waals surface area contributed by atoms with Gasteiger partial charge in [0.1, 0.15) is 18.2 Å². The number of ether oxygens (including phenoxy) is 1. The van der Waals surface area contributed by atoms with Crippen molar-refractivity contribution in [3.05, 3.63) is 101 Å². The van der Waals surface area contributed by atoms with Gasteiger partial charge in [0.2, 0.25) is 0 Å². The minimum Gasteiger partial charge on any atom is -0.488 e. The summed E-state index contributed by atoms with van der Waals surface area (Å²) in [4.78, 5) is 25.7. The molecule has 0 aliphatic carbocycles. The van der Waals surface area contributed by atoms with Gasteiger partial charge in [-0.25, -0.2) is 9.18 Å².